The predicted molar refractivity (Wildman–Crippen MR) is 82.5 cm³/mol. The van der Waals surface area contributed by atoms with Gasteiger partial charge in [0.25, 0.3) is 11.8 Å². The van der Waals surface area contributed by atoms with Gasteiger partial charge in [0.2, 0.25) is 0 Å². The number of halogens is 3. The Morgan fingerprint density at radius 2 is 1.92 bits per heavy atom. The average Bonchev–Trinajstić information content (AvgIpc) is 2.90. The van der Waals surface area contributed by atoms with Crippen LogP contribution in [0.5, 0.6) is 0 Å². The van der Waals surface area contributed by atoms with Crippen LogP contribution in [0.2, 0.25) is 0 Å². The summed E-state index contributed by atoms with van der Waals surface area (Å²) in [5, 5.41) is 9.34. The quantitative estimate of drug-likeness (QED) is 0.915. The van der Waals surface area contributed by atoms with Gasteiger partial charge in [-0.3, -0.25) is 9.69 Å². The van der Waals surface area contributed by atoms with Gasteiger partial charge in [-0.05, 0) is 25.0 Å². The molecule has 0 saturated carbocycles. The lowest BCUT2D eigenvalue weighted by Crippen LogP contribution is -2.49. The lowest BCUT2D eigenvalue weighted by Gasteiger charge is -2.38. The van der Waals surface area contributed by atoms with Crippen LogP contribution in [-0.2, 0) is 0 Å². The van der Waals surface area contributed by atoms with Crippen molar-refractivity contribution in [3.8, 4) is 0 Å². The summed E-state index contributed by atoms with van der Waals surface area (Å²) in [5.74, 6) is -3.69. The molecule has 0 radical (unpaired) electrons. The molecule has 1 atom stereocenters. The number of amides is 1. The number of carbonyl (C=O) groups is 1. The van der Waals surface area contributed by atoms with Crippen molar-refractivity contribution in [2.24, 2.45) is 0 Å². The third kappa shape index (κ3) is 3.42. The number of benzene rings is 1. The molecule has 0 aliphatic carbocycles. The Morgan fingerprint density at radius 3 is 2.54 bits per heavy atom. The molecule has 1 aromatic rings. The van der Waals surface area contributed by atoms with Crippen LogP contribution in [0.4, 0.5) is 13.2 Å². The molecule has 2 heterocycles. The number of carbonyl (C=O) groups excluding carboxylic acids is 1. The van der Waals surface area contributed by atoms with Crippen LogP contribution in [0.15, 0.2) is 24.3 Å². The molecule has 3 rings (SSSR count). The van der Waals surface area contributed by atoms with Crippen molar-refractivity contribution in [1.29, 1.82) is 0 Å². The van der Waals surface area contributed by atoms with E-state index in [2.05, 4.69) is 0 Å². The molecule has 0 spiro atoms. The van der Waals surface area contributed by atoms with Crippen molar-refractivity contribution < 1.29 is 23.1 Å². The molecular weight excluding hydrogens is 321 g/mol. The molecule has 2 aliphatic rings. The smallest absolute Gasteiger partial charge is 0.262 e. The standard InChI is InChI=1S/C17H21F3N2O2/c18-15-4-2-1-3-14(15)16(24)21-7-5-12(6-8-21)22-11-17(19,20)9-13(22)10-23/h1-4,12-13,23H,5-11H2/t13-/m0/s1. The summed E-state index contributed by atoms with van der Waals surface area (Å²) < 4.78 is 40.9. The van der Waals surface area contributed by atoms with Gasteiger partial charge in [0.1, 0.15) is 5.82 Å². The van der Waals surface area contributed by atoms with Gasteiger partial charge in [-0.2, -0.15) is 0 Å². The third-order valence-corrected chi connectivity index (χ3v) is 4.95. The van der Waals surface area contributed by atoms with E-state index in [0.29, 0.717) is 25.9 Å². The zero-order valence-corrected chi connectivity index (χ0v) is 13.3. The van der Waals surface area contributed by atoms with Crippen molar-refractivity contribution >= 4 is 5.91 Å². The number of hydrogen-bond donors (Lipinski definition) is 1. The van der Waals surface area contributed by atoms with Crippen LogP contribution in [-0.4, -0.2) is 65.1 Å². The molecule has 7 heteroatoms. The van der Waals surface area contributed by atoms with Crippen LogP contribution in [0.1, 0.15) is 29.6 Å². The van der Waals surface area contributed by atoms with E-state index in [0.717, 1.165) is 0 Å². The van der Waals surface area contributed by atoms with E-state index in [1.807, 2.05) is 0 Å². The Bertz CT molecular complexity index is 603. The average molecular weight is 342 g/mol. The van der Waals surface area contributed by atoms with E-state index < -0.39 is 17.8 Å². The second-order valence-corrected chi connectivity index (χ2v) is 6.57. The number of aliphatic hydroxyl groups excluding tert-OH is 1. The van der Waals surface area contributed by atoms with Crippen LogP contribution >= 0.6 is 0 Å². The maximum Gasteiger partial charge on any atom is 0.262 e. The Hall–Kier alpha value is -1.60. The lowest BCUT2D eigenvalue weighted by molar-refractivity contribution is 0.00294. The van der Waals surface area contributed by atoms with Crippen molar-refractivity contribution in [2.75, 3.05) is 26.2 Å². The first kappa shape index (κ1) is 17.2. The molecule has 24 heavy (non-hydrogen) atoms. The topological polar surface area (TPSA) is 43.8 Å². The molecule has 2 aliphatic heterocycles. The minimum atomic E-state index is -2.77. The van der Waals surface area contributed by atoms with Gasteiger partial charge < -0.3 is 10.0 Å². The van der Waals surface area contributed by atoms with Gasteiger partial charge in [-0.25, -0.2) is 13.2 Å². The highest BCUT2D eigenvalue weighted by Gasteiger charge is 2.47. The molecule has 1 aromatic carbocycles. The second-order valence-electron chi connectivity index (χ2n) is 6.57. The van der Waals surface area contributed by atoms with E-state index in [1.165, 1.54) is 18.2 Å². The number of nitrogens with zero attached hydrogens (tertiary/aromatic N) is 2. The second kappa shape index (κ2) is 6.72. The highest BCUT2D eigenvalue weighted by molar-refractivity contribution is 5.94. The summed E-state index contributed by atoms with van der Waals surface area (Å²) in [7, 11) is 0. The summed E-state index contributed by atoms with van der Waals surface area (Å²) in [6, 6.07) is 5.23. The van der Waals surface area contributed by atoms with E-state index in [-0.39, 0.29) is 37.1 Å². The summed E-state index contributed by atoms with van der Waals surface area (Å²) in [4.78, 5) is 15.6. The number of alkyl halides is 2. The zero-order chi connectivity index (χ0) is 17.3. The molecule has 0 aromatic heterocycles. The Balaban J connectivity index is 1.62. The van der Waals surface area contributed by atoms with Crippen molar-refractivity contribution in [3.05, 3.63) is 35.6 Å². The highest BCUT2D eigenvalue weighted by atomic mass is 19.3. The first-order chi connectivity index (χ1) is 11.4. The Labute approximate surface area is 138 Å². The summed E-state index contributed by atoms with van der Waals surface area (Å²) in [6.45, 7) is 0.171. The molecular formula is C17H21F3N2O2. The first-order valence-electron chi connectivity index (χ1n) is 8.19. The number of piperidine rings is 1. The van der Waals surface area contributed by atoms with Gasteiger partial charge in [-0.1, -0.05) is 12.1 Å². The fourth-order valence-electron chi connectivity index (χ4n) is 3.72. The molecule has 132 valence electrons. The SMILES string of the molecule is O=C(c1ccccc1F)N1CCC(N2CC(F)(F)C[C@H]2CO)CC1. The van der Waals surface area contributed by atoms with Crippen LogP contribution in [0.25, 0.3) is 0 Å². The van der Waals surface area contributed by atoms with Crippen LogP contribution in [0, 0.1) is 5.82 Å². The van der Waals surface area contributed by atoms with Crippen molar-refractivity contribution in [3.63, 3.8) is 0 Å². The van der Waals surface area contributed by atoms with Crippen LogP contribution < -0.4 is 0 Å². The van der Waals surface area contributed by atoms with E-state index in [4.69, 9.17) is 0 Å². The minimum Gasteiger partial charge on any atom is -0.395 e. The number of aliphatic hydroxyl groups is 1. The van der Waals surface area contributed by atoms with E-state index in [1.54, 1.807) is 15.9 Å². The van der Waals surface area contributed by atoms with Crippen LogP contribution in [0.3, 0.4) is 0 Å². The van der Waals surface area contributed by atoms with Gasteiger partial charge in [0.05, 0.1) is 18.7 Å². The Morgan fingerprint density at radius 1 is 1.25 bits per heavy atom. The number of rotatable bonds is 3. The third-order valence-electron chi connectivity index (χ3n) is 4.95. The molecule has 1 amide bonds. The predicted octanol–water partition coefficient (Wildman–Crippen LogP) is 2.13. The van der Waals surface area contributed by atoms with Crippen molar-refractivity contribution in [2.45, 2.75) is 37.3 Å². The van der Waals surface area contributed by atoms with Gasteiger partial charge >= 0.3 is 0 Å². The van der Waals surface area contributed by atoms with Crippen molar-refractivity contribution in [1.82, 2.24) is 9.80 Å². The van der Waals surface area contributed by atoms with E-state index >= 15 is 0 Å². The van der Waals surface area contributed by atoms with Gasteiger partial charge in [0.15, 0.2) is 0 Å². The maximum atomic E-state index is 13.7. The fourth-order valence-corrected chi connectivity index (χ4v) is 3.72. The first-order valence-corrected chi connectivity index (χ1v) is 8.19. The normalized spacial score (nSPS) is 25.2. The molecule has 0 unspecified atom stereocenters. The number of hydrogen-bond acceptors (Lipinski definition) is 3. The molecule has 2 fully saturated rings. The molecule has 4 nitrogen and oxygen atoms in total. The summed E-state index contributed by atoms with van der Waals surface area (Å²) >= 11 is 0. The van der Waals surface area contributed by atoms with E-state index in [9.17, 15) is 23.1 Å². The summed E-state index contributed by atoms with van der Waals surface area (Å²) in [5.41, 5.74) is 0.0388. The fraction of sp³-hybridized carbons (Fsp3) is 0.588. The highest BCUT2D eigenvalue weighted by Crippen LogP contribution is 2.35. The molecule has 1 N–H and O–H groups in total. The monoisotopic (exact) mass is 342 g/mol. The Kier molecular flexibility index (Phi) is 4.83. The largest absolute Gasteiger partial charge is 0.395 e. The number of likely N-dealkylation sites (tertiary alicyclic amines) is 2. The van der Waals surface area contributed by atoms with Gasteiger partial charge in [-0.15, -0.1) is 0 Å². The minimum absolute atomic E-state index is 0.0388. The zero-order valence-electron chi connectivity index (χ0n) is 13.3. The lowest BCUT2D eigenvalue weighted by atomic mass is 10.0. The maximum absolute atomic E-state index is 13.7. The van der Waals surface area contributed by atoms with Gasteiger partial charge in [0, 0.05) is 31.6 Å². The summed E-state index contributed by atoms with van der Waals surface area (Å²) in [6.07, 6.45) is 0.775. The molecule has 0 bridgehead atoms. The molecule has 2 saturated heterocycles.